The fraction of sp³-hybridized carbons (Fsp3) is 0.900. The molecule has 0 bridgehead atoms. The zero-order valence-corrected chi connectivity index (χ0v) is 9.00. The fourth-order valence-corrected chi connectivity index (χ4v) is 2.73. The van der Waals surface area contributed by atoms with Crippen LogP contribution in [0.25, 0.3) is 0 Å². The van der Waals surface area contributed by atoms with Crippen LogP contribution in [0.15, 0.2) is 0 Å². The van der Waals surface area contributed by atoms with E-state index in [0.29, 0.717) is 25.1 Å². The molecule has 2 aliphatic rings. The van der Waals surface area contributed by atoms with Crippen LogP contribution in [0.1, 0.15) is 19.3 Å². The Morgan fingerprint density at radius 3 is 3.14 bits per heavy atom. The summed E-state index contributed by atoms with van der Waals surface area (Å²) < 4.78 is 5.50. The van der Waals surface area contributed by atoms with Crippen molar-refractivity contribution in [3.8, 4) is 0 Å². The van der Waals surface area contributed by atoms with Gasteiger partial charge in [0.2, 0.25) is 5.91 Å². The maximum absolute atomic E-state index is 11.6. The minimum Gasteiger partial charge on any atom is -0.379 e. The Hall–Kier alpha value is -0.280. The molecule has 1 aliphatic carbocycles. The first-order valence-electron chi connectivity index (χ1n) is 5.26. The van der Waals surface area contributed by atoms with Gasteiger partial charge in [0.05, 0.1) is 13.2 Å². The molecular weight excluding hydrogens is 202 g/mol. The smallest absolute Gasteiger partial charge is 0.237 e. The number of nitrogens with zero attached hydrogens (tertiary/aromatic N) is 1. The Kier molecular flexibility index (Phi) is 3.29. The molecule has 4 heteroatoms. The van der Waals surface area contributed by atoms with E-state index in [1.165, 1.54) is 12.8 Å². The molecule has 14 heavy (non-hydrogen) atoms. The SMILES string of the molecule is O=C(CCl)N1CCOCC2CCCC21. The summed E-state index contributed by atoms with van der Waals surface area (Å²) in [5, 5.41) is 0. The topological polar surface area (TPSA) is 29.5 Å². The van der Waals surface area contributed by atoms with Gasteiger partial charge in [-0.05, 0) is 12.8 Å². The monoisotopic (exact) mass is 217 g/mol. The number of halogens is 1. The fourth-order valence-electron chi connectivity index (χ4n) is 2.57. The van der Waals surface area contributed by atoms with E-state index in [9.17, 15) is 4.79 Å². The number of fused-ring (bicyclic) bond motifs is 1. The lowest BCUT2D eigenvalue weighted by Crippen LogP contribution is -2.43. The molecule has 0 N–H and O–H groups in total. The third-order valence-corrected chi connectivity index (χ3v) is 3.49. The summed E-state index contributed by atoms with van der Waals surface area (Å²) in [4.78, 5) is 13.5. The third-order valence-electron chi connectivity index (χ3n) is 3.26. The van der Waals surface area contributed by atoms with E-state index in [4.69, 9.17) is 16.3 Å². The Bertz CT molecular complexity index is 222. The highest BCUT2D eigenvalue weighted by Gasteiger charge is 2.35. The Labute approximate surface area is 89.4 Å². The van der Waals surface area contributed by atoms with Gasteiger partial charge >= 0.3 is 0 Å². The number of hydrogen-bond donors (Lipinski definition) is 0. The van der Waals surface area contributed by atoms with Gasteiger partial charge in [0, 0.05) is 18.5 Å². The molecule has 0 aromatic carbocycles. The predicted molar refractivity (Wildman–Crippen MR) is 54.4 cm³/mol. The van der Waals surface area contributed by atoms with Crippen molar-refractivity contribution in [2.24, 2.45) is 5.92 Å². The van der Waals surface area contributed by atoms with Crippen molar-refractivity contribution in [2.75, 3.05) is 25.6 Å². The van der Waals surface area contributed by atoms with Gasteiger partial charge in [-0.25, -0.2) is 0 Å². The third kappa shape index (κ3) is 1.89. The molecule has 0 spiro atoms. The van der Waals surface area contributed by atoms with Gasteiger partial charge < -0.3 is 9.64 Å². The van der Waals surface area contributed by atoms with Crippen molar-refractivity contribution >= 4 is 17.5 Å². The molecule has 0 aromatic heterocycles. The molecule has 3 nitrogen and oxygen atoms in total. The highest BCUT2D eigenvalue weighted by Crippen LogP contribution is 2.31. The van der Waals surface area contributed by atoms with E-state index in [1.807, 2.05) is 4.90 Å². The first-order valence-corrected chi connectivity index (χ1v) is 5.79. The first kappa shape index (κ1) is 10.2. The lowest BCUT2D eigenvalue weighted by Gasteiger charge is -2.29. The Balaban J connectivity index is 2.08. The second-order valence-corrected chi connectivity index (χ2v) is 4.32. The molecule has 2 atom stereocenters. The number of carbonyl (C=O) groups is 1. The van der Waals surface area contributed by atoms with Crippen LogP contribution >= 0.6 is 11.6 Å². The van der Waals surface area contributed by atoms with E-state index < -0.39 is 0 Å². The number of carbonyl (C=O) groups excluding carboxylic acids is 1. The quantitative estimate of drug-likeness (QED) is 0.619. The van der Waals surface area contributed by atoms with E-state index in [-0.39, 0.29) is 11.8 Å². The lowest BCUT2D eigenvalue weighted by molar-refractivity contribution is -0.131. The van der Waals surface area contributed by atoms with E-state index >= 15 is 0 Å². The zero-order chi connectivity index (χ0) is 9.97. The minimum atomic E-state index is 0.0640. The van der Waals surface area contributed by atoms with Crippen LogP contribution in [-0.4, -0.2) is 42.5 Å². The second kappa shape index (κ2) is 4.49. The highest BCUT2D eigenvalue weighted by atomic mass is 35.5. The van der Waals surface area contributed by atoms with Crippen molar-refractivity contribution in [1.29, 1.82) is 0 Å². The molecule has 1 heterocycles. The largest absolute Gasteiger partial charge is 0.379 e. The van der Waals surface area contributed by atoms with Crippen LogP contribution < -0.4 is 0 Å². The standard InChI is InChI=1S/C10H16ClNO2/c11-6-10(13)12-4-5-14-7-8-2-1-3-9(8)12/h8-9H,1-7H2. The average molecular weight is 218 g/mol. The van der Waals surface area contributed by atoms with Crippen molar-refractivity contribution in [3.05, 3.63) is 0 Å². The van der Waals surface area contributed by atoms with Gasteiger partial charge in [0.1, 0.15) is 5.88 Å². The molecule has 1 saturated heterocycles. The molecule has 2 rings (SSSR count). The number of rotatable bonds is 1. The lowest BCUT2D eigenvalue weighted by atomic mass is 10.0. The van der Waals surface area contributed by atoms with Crippen molar-refractivity contribution in [2.45, 2.75) is 25.3 Å². The van der Waals surface area contributed by atoms with Crippen LogP contribution in [0.5, 0.6) is 0 Å². The van der Waals surface area contributed by atoms with Crippen molar-refractivity contribution in [1.82, 2.24) is 4.90 Å². The van der Waals surface area contributed by atoms with Crippen LogP contribution in [0.2, 0.25) is 0 Å². The van der Waals surface area contributed by atoms with E-state index in [0.717, 1.165) is 13.0 Å². The molecule has 1 aliphatic heterocycles. The molecule has 1 amide bonds. The summed E-state index contributed by atoms with van der Waals surface area (Å²) in [7, 11) is 0. The molecule has 2 unspecified atom stereocenters. The molecule has 1 saturated carbocycles. The van der Waals surface area contributed by atoms with Crippen LogP contribution in [0.4, 0.5) is 0 Å². The Morgan fingerprint density at radius 2 is 2.36 bits per heavy atom. The maximum atomic E-state index is 11.6. The van der Waals surface area contributed by atoms with Crippen LogP contribution in [0, 0.1) is 5.92 Å². The number of ether oxygens (including phenoxy) is 1. The summed E-state index contributed by atoms with van der Waals surface area (Å²) in [5.74, 6) is 0.710. The van der Waals surface area contributed by atoms with E-state index in [2.05, 4.69) is 0 Å². The molecule has 80 valence electrons. The highest BCUT2D eigenvalue weighted by molar-refractivity contribution is 6.27. The van der Waals surface area contributed by atoms with Crippen molar-refractivity contribution < 1.29 is 9.53 Å². The predicted octanol–water partition coefficient (Wildman–Crippen LogP) is 1.25. The number of amides is 1. The average Bonchev–Trinajstić information content (AvgIpc) is 2.57. The second-order valence-electron chi connectivity index (χ2n) is 4.05. The summed E-state index contributed by atoms with van der Waals surface area (Å²) in [6.07, 6.45) is 3.53. The molecule has 2 fully saturated rings. The van der Waals surface area contributed by atoms with Gasteiger partial charge in [-0.3, -0.25) is 4.79 Å². The van der Waals surface area contributed by atoms with E-state index in [1.54, 1.807) is 0 Å². The Morgan fingerprint density at radius 1 is 1.50 bits per heavy atom. The summed E-state index contributed by atoms with van der Waals surface area (Å²) >= 11 is 5.60. The van der Waals surface area contributed by atoms with Gasteiger partial charge in [-0.2, -0.15) is 0 Å². The van der Waals surface area contributed by atoms with Crippen molar-refractivity contribution in [3.63, 3.8) is 0 Å². The summed E-state index contributed by atoms with van der Waals surface area (Å²) in [6.45, 7) is 2.19. The molecule has 0 aromatic rings. The number of hydrogen-bond acceptors (Lipinski definition) is 2. The van der Waals surface area contributed by atoms with Gasteiger partial charge in [-0.1, -0.05) is 6.42 Å². The van der Waals surface area contributed by atoms with Gasteiger partial charge in [0.15, 0.2) is 0 Å². The van der Waals surface area contributed by atoms with Gasteiger partial charge in [-0.15, -0.1) is 11.6 Å². The first-order chi connectivity index (χ1) is 6.83. The molecular formula is C10H16ClNO2. The van der Waals surface area contributed by atoms with Crippen LogP contribution in [-0.2, 0) is 9.53 Å². The normalized spacial score (nSPS) is 32.5. The summed E-state index contributed by atoms with van der Waals surface area (Å²) in [6, 6.07) is 0.392. The maximum Gasteiger partial charge on any atom is 0.237 e. The van der Waals surface area contributed by atoms with Crippen LogP contribution in [0.3, 0.4) is 0 Å². The molecule has 0 radical (unpaired) electrons. The minimum absolute atomic E-state index is 0.0640. The number of alkyl halides is 1. The van der Waals surface area contributed by atoms with Gasteiger partial charge in [0.25, 0.3) is 0 Å². The summed E-state index contributed by atoms with van der Waals surface area (Å²) in [5.41, 5.74) is 0. The zero-order valence-electron chi connectivity index (χ0n) is 8.25.